The lowest BCUT2D eigenvalue weighted by Crippen LogP contribution is -2.23. The lowest BCUT2D eigenvalue weighted by Gasteiger charge is -2.09. The van der Waals surface area contributed by atoms with E-state index in [1.807, 2.05) is 24.3 Å². The normalized spacial score (nSPS) is 11.5. The van der Waals surface area contributed by atoms with Gasteiger partial charge >= 0.3 is 6.18 Å². The highest BCUT2D eigenvalue weighted by molar-refractivity contribution is 5.94. The zero-order valence-electron chi connectivity index (χ0n) is 18.0. The Morgan fingerprint density at radius 3 is 2.36 bits per heavy atom. The van der Waals surface area contributed by atoms with E-state index in [0.717, 1.165) is 29.8 Å². The summed E-state index contributed by atoms with van der Waals surface area (Å²) in [5, 5.41) is 3.31. The molecule has 7 heteroatoms. The van der Waals surface area contributed by atoms with Crippen molar-refractivity contribution in [3.05, 3.63) is 107 Å². The van der Waals surface area contributed by atoms with E-state index in [1.165, 1.54) is 5.56 Å². The van der Waals surface area contributed by atoms with Crippen LogP contribution in [0, 0.1) is 0 Å². The van der Waals surface area contributed by atoms with Crippen LogP contribution in [0.1, 0.15) is 45.2 Å². The smallest absolute Gasteiger partial charge is 0.348 e. The van der Waals surface area contributed by atoms with E-state index in [9.17, 15) is 18.0 Å². The number of nitrogens with one attached hydrogen (secondary N) is 1. The van der Waals surface area contributed by atoms with E-state index in [4.69, 9.17) is 0 Å². The highest BCUT2D eigenvalue weighted by Gasteiger charge is 2.31. The molecule has 0 aliphatic heterocycles. The van der Waals surface area contributed by atoms with Crippen LogP contribution in [0.3, 0.4) is 0 Å². The Labute approximate surface area is 189 Å². The minimum atomic E-state index is -4.45. The van der Waals surface area contributed by atoms with E-state index in [2.05, 4.69) is 22.2 Å². The third-order valence-corrected chi connectivity index (χ3v) is 5.42. The average Bonchev–Trinajstić information content (AvgIpc) is 2.82. The fourth-order valence-corrected chi connectivity index (χ4v) is 3.55. The monoisotopic (exact) mass is 449 g/mol. The SMILES string of the molecule is CCc1ccc(CNC(=O)c2ccnc(Cc3ccc4ncc(C(F)(F)F)cc4c3)c2)cc1. The number of pyridine rings is 2. The molecule has 0 aliphatic rings. The number of aryl methyl sites for hydroxylation is 1. The average molecular weight is 449 g/mol. The molecule has 0 spiro atoms. The second-order valence-electron chi connectivity index (χ2n) is 7.81. The third-order valence-electron chi connectivity index (χ3n) is 5.42. The quantitative estimate of drug-likeness (QED) is 0.409. The highest BCUT2D eigenvalue weighted by Crippen LogP contribution is 2.30. The zero-order chi connectivity index (χ0) is 23.4. The molecule has 0 saturated carbocycles. The predicted molar refractivity (Wildman–Crippen MR) is 121 cm³/mol. The number of halogens is 3. The molecule has 0 bridgehead atoms. The molecule has 0 saturated heterocycles. The number of hydrogen-bond acceptors (Lipinski definition) is 3. The van der Waals surface area contributed by atoms with Crippen molar-refractivity contribution in [3.63, 3.8) is 0 Å². The van der Waals surface area contributed by atoms with Gasteiger partial charge in [0.25, 0.3) is 5.91 Å². The van der Waals surface area contributed by atoms with Gasteiger partial charge in [-0.1, -0.05) is 37.3 Å². The topological polar surface area (TPSA) is 54.9 Å². The molecule has 4 aromatic rings. The summed E-state index contributed by atoms with van der Waals surface area (Å²) < 4.78 is 39.0. The Bertz CT molecular complexity index is 1280. The van der Waals surface area contributed by atoms with E-state index in [-0.39, 0.29) is 5.91 Å². The van der Waals surface area contributed by atoms with Crippen molar-refractivity contribution in [3.8, 4) is 0 Å². The summed E-state index contributed by atoms with van der Waals surface area (Å²) in [5.74, 6) is -0.212. The minimum absolute atomic E-state index is 0.212. The molecule has 2 heterocycles. The standard InChI is InChI=1S/C26H22F3N3O/c1-2-17-3-5-18(6-4-17)15-32-25(33)20-9-10-30-23(14-20)12-19-7-8-24-21(11-19)13-22(16-31-24)26(27,28)29/h3-11,13-14,16H,2,12,15H2,1H3,(H,32,33). The van der Waals surface area contributed by atoms with E-state index < -0.39 is 11.7 Å². The van der Waals surface area contributed by atoms with Gasteiger partial charge in [-0.3, -0.25) is 14.8 Å². The number of fused-ring (bicyclic) bond motifs is 1. The number of rotatable bonds is 6. The number of carbonyl (C=O) groups is 1. The highest BCUT2D eigenvalue weighted by atomic mass is 19.4. The molecule has 0 unspecified atom stereocenters. The molecule has 168 valence electrons. The van der Waals surface area contributed by atoms with Gasteiger partial charge in [0.2, 0.25) is 0 Å². The Kier molecular flexibility index (Phi) is 6.40. The minimum Gasteiger partial charge on any atom is -0.348 e. The van der Waals surface area contributed by atoms with Gasteiger partial charge in [-0.05, 0) is 53.4 Å². The van der Waals surface area contributed by atoms with Crippen molar-refractivity contribution in [1.82, 2.24) is 15.3 Å². The van der Waals surface area contributed by atoms with Crippen LogP contribution in [-0.2, 0) is 25.6 Å². The molecule has 0 radical (unpaired) electrons. The number of hydrogen-bond donors (Lipinski definition) is 1. The van der Waals surface area contributed by atoms with Gasteiger partial charge in [-0.15, -0.1) is 0 Å². The van der Waals surface area contributed by atoms with Gasteiger partial charge in [-0.2, -0.15) is 13.2 Å². The maximum absolute atomic E-state index is 13.0. The van der Waals surface area contributed by atoms with Gasteiger partial charge in [-0.25, -0.2) is 0 Å². The molecule has 33 heavy (non-hydrogen) atoms. The fourth-order valence-electron chi connectivity index (χ4n) is 3.55. The molecule has 4 rings (SSSR count). The van der Waals surface area contributed by atoms with E-state index in [1.54, 1.807) is 36.5 Å². The Hall–Kier alpha value is -3.74. The van der Waals surface area contributed by atoms with Crippen LogP contribution in [0.5, 0.6) is 0 Å². The van der Waals surface area contributed by atoms with Gasteiger partial charge in [0, 0.05) is 42.0 Å². The van der Waals surface area contributed by atoms with Crippen molar-refractivity contribution in [1.29, 1.82) is 0 Å². The Balaban J connectivity index is 1.46. The molecule has 0 atom stereocenters. The van der Waals surface area contributed by atoms with Crippen LogP contribution in [-0.4, -0.2) is 15.9 Å². The van der Waals surface area contributed by atoms with Crippen LogP contribution < -0.4 is 5.32 Å². The summed E-state index contributed by atoms with van der Waals surface area (Å²) in [5.41, 5.74) is 3.86. The number of carbonyl (C=O) groups excluding carboxylic acids is 1. The first kappa shape index (κ1) is 22.5. The lowest BCUT2D eigenvalue weighted by atomic mass is 10.0. The number of amides is 1. The first-order valence-electron chi connectivity index (χ1n) is 10.6. The molecule has 0 aliphatic carbocycles. The maximum atomic E-state index is 13.0. The second-order valence-corrected chi connectivity index (χ2v) is 7.81. The summed E-state index contributed by atoms with van der Waals surface area (Å²) in [7, 11) is 0. The van der Waals surface area contributed by atoms with Gasteiger partial charge < -0.3 is 5.32 Å². The molecule has 2 aromatic heterocycles. The number of aromatic nitrogens is 2. The molecule has 0 fully saturated rings. The van der Waals surface area contributed by atoms with Crippen molar-refractivity contribution < 1.29 is 18.0 Å². The summed E-state index contributed by atoms with van der Waals surface area (Å²) in [4.78, 5) is 20.8. The molecular formula is C26H22F3N3O. The predicted octanol–water partition coefficient (Wildman–Crippen LogP) is 5.73. The molecule has 4 nitrogen and oxygen atoms in total. The van der Waals surface area contributed by atoms with Crippen LogP contribution in [0.25, 0.3) is 10.9 Å². The lowest BCUT2D eigenvalue weighted by molar-refractivity contribution is -0.137. The van der Waals surface area contributed by atoms with Crippen LogP contribution in [0.4, 0.5) is 13.2 Å². The van der Waals surface area contributed by atoms with Crippen molar-refractivity contribution in [2.75, 3.05) is 0 Å². The largest absolute Gasteiger partial charge is 0.417 e. The number of nitrogens with zero attached hydrogens (tertiary/aromatic N) is 2. The third kappa shape index (κ3) is 5.55. The summed E-state index contributed by atoms with van der Waals surface area (Å²) in [6.07, 6.45) is -0.706. The Morgan fingerprint density at radius 1 is 0.909 bits per heavy atom. The summed E-state index contributed by atoms with van der Waals surface area (Å²) >= 11 is 0. The van der Waals surface area contributed by atoms with Gasteiger partial charge in [0.1, 0.15) is 0 Å². The van der Waals surface area contributed by atoms with Crippen LogP contribution in [0.2, 0.25) is 0 Å². The molecular weight excluding hydrogens is 427 g/mol. The molecule has 2 aromatic carbocycles. The maximum Gasteiger partial charge on any atom is 0.417 e. The Morgan fingerprint density at radius 2 is 1.64 bits per heavy atom. The first-order valence-corrected chi connectivity index (χ1v) is 10.6. The molecule has 1 N–H and O–H groups in total. The van der Waals surface area contributed by atoms with E-state index >= 15 is 0 Å². The molecule has 1 amide bonds. The second kappa shape index (κ2) is 9.40. The number of alkyl halides is 3. The van der Waals surface area contributed by atoms with Crippen LogP contribution >= 0.6 is 0 Å². The van der Waals surface area contributed by atoms with Crippen molar-refractivity contribution >= 4 is 16.8 Å². The first-order chi connectivity index (χ1) is 15.8. The van der Waals surface area contributed by atoms with Crippen molar-refractivity contribution in [2.24, 2.45) is 0 Å². The van der Waals surface area contributed by atoms with E-state index in [0.29, 0.717) is 35.1 Å². The summed E-state index contributed by atoms with van der Waals surface area (Å²) in [6.45, 7) is 2.51. The van der Waals surface area contributed by atoms with Crippen LogP contribution in [0.15, 0.2) is 73.1 Å². The number of benzene rings is 2. The summed E-state index contributed by atoms with van der Waals surface area (Å²) in [6, 6.07) is 17.7. The zero-order valence-corrected chi connectivity index (χ0v) is 18.0. The van der Waals surface area contributed by atoms with Gasteiger partial charge in [0.05, 0.1) is 11.1 Å². The van der Waals surface area contributed by atoms with Crippen molar-refractivity contribution in [2.45, 2.75) is 32.5 Å². The van der Waals surface area contributed by atoms with Gasteiger partial charge in [0.15, 0.2) is 0 Å². The fraction of sp³-hybridized carbons (Fsp3) is 0.192.